The van der Waals surface area contributed by atoms with Crippen LogP contribution in [-0.2, 0) is 6.18 Å². The van der Waals surface area contributed by atoms with Crippen molar-refractivity contribution in [2.24, 2.45) is 0 Å². The van der Waals surface area contributed by atoms with Crippen molar-refractivity contribution in [2.45, 2.75) is 52.1 Å². The summed E-state index contributed by atoms with van der Waals surface area (Å²) in [7, 11) is 0. The molecule has 0 saturated carbocycles. The number of halogens is 3. The molecule has 3 rings (SSSR count). The SMILES string of the molecule is CCC(C)c1ccc(Nc2ncc(C(F)(F)F)c(Nc3ccccc3C(C)C)n2)cc1. The Morgan fingerprint density at radius 1 is 0.935 bits per heavy atom. The number of para-hydroxylation sites is 1. The van der Waals surface area contributed by atoms with Crippen molar-refractivity contribution in [1.29, 1.82) is 0 Å². The van der Waals surface area contributed by atoms with E-state index in [4.69, 9.17) is 0 Å². The van der Waals surface area contributed by atoms with Gasteiger partial charge < -0.3 is 10.6 Å². The van der Waals surface area contributed by atoms with E-state index in [-0.39, 0.29) is 17.7 Å². The van der Waals surface area contributed by atoms with E-state index in [0.29, 0.717) is 17.3 Å². The zero-order chi connectivity index (χ0) is 22.6. The fourth-order valence-electron chi connectivity index (χ4n) is 3.25. The van der Waals surface area contributed by atoms with E-state index in [2.05, 4.69) is 34.4 Å². The van der Waals surface area contributed by atoms with Gasteiger partial charge in [-0.3, -0.25) is 0 Å². The van der Waals surface area contributed by atoms with Crippen LogP contribution < -0.4 is 10.6 Å². The summed E-state index contributed by atoms with van der Waals surface area (Å²) < 4.78 is 40.7. The Morgan fingerprint density at radius 2 is 1.61 bits per heavy atom. The fourth-order valence-corrected chi connectivity index (χ4v) is 3.25. The van der Waals surface area contributed by atoms with Gasteiger partial charge in [-0.25, -0.2) is 4.98 Å². The maximum atomic E-state index is 13.6. The van der Waals surface area contributed by atoms with Crippen molar-refractivity contribution in [1.82, 2.24) is 9.97 Å². The lowest BCUT2D eigenvalue weighted by atomic mass is 9.99. The second kappa shape index (κ2) is 9.37. The maximum Gasteiger partial charge on any atom is 0.421 e. The number of nitrogens with zero attached hydrogens (tertiary/aromatic N) is 2. The minimum absolute atomic E-state index is 0.0915. The largest absolute Gasteiger partial charge is 0.421 e. The van der Waals surface area contributed by atoms with Crippen LogP contribution in [0.25, 0.3) is 0 Å². The van der Waals surface area contributed by atoms with E-state index < -0.39 is 11.7 Å². The smallest absolute Gasteiger partial charge is 0.339 e. The molecule has 4 nitrogen and oxygen atoms in total. The van der Waals surface area contributed by atoms with Crippen molar-refractivity contribution in [3.05, 3.63) is 71.4 Å². The number of hydrogen-bond acceptors (Lipinski definition) is 4. The molecule has 0 fully saturated rings. The van der Waals surface area contributed by atoms with Gasteiger partial charge in [0.05, 0.1) is 0 Å². The Labute approximate surface area is 181 Å². The Hall–Kier alpha value is -3.09. The second-order valence-corrected chi connectivity index (χ2v) is 7.88. The van der Waals surface area contributed by atoms with Gasteiger partial charge in [-0.1, -0.05) is 58.0 Å². The van der Waals surface area contributed by atoms with Crippen molar-refractivity contribution >= 4 is 23.1 Å². The molecular formula is C24H27F3N4. The van der Waals surface area contributed by atoms with Gasteiger partial charge in [0.2, 0.25) is 5.95 Å². The van der Waals surface area contributed by atoms with E-state index in [0.717, 1.165) is 18.2 Å². The van der Waals surface area contributed by atoms with Crippen LogP contribution in [0, 0.1) is 0 Å². The normalized spacial score (nSPS) is 12.6. The lowest BCUT2D eigenvalue weighted by molar-refractivity contribution is -0.137. The van der Waals surface area contributed by atoms with Crippen molar-refractivity contribution in [3.8, 4) is 0 Å². The zero-order valence-electron chi connectivity index (χ0n) is 18.1. The molecule has 0 radical (unpaired) electrons. The first-order chi connectivity index (χ1) is 14.7. The summed E-state index contributed by atoms with van der Waals surface area (Å²) in [5.74, 6) is 0.387. The van der Waals surface area contributed by atoms with Crippen molar-refractivity contribution < 1.29 is 13.2 Å². The minimum Gasteiger partial charge on any atom is -0.339 e. The van der Waals surface area contributed by atoms with Gasteiger partial charge >= 0.3 is 6.18 Å². The molecule has 1 unspecified atom stereocenters. The van der Waals surface area contributed by atoms with Gasteiger partial charge in [0.25, 0.3) is 0 Å². The van der Waals surface area contributed by atoms with E-state index >= 15 is 0 Å². The molecule has 0 bridgehead atoms. The molecule has 31 heavy (non-hydrogen) atoms. The molecule has 3 aromatic rings. The zero-order valence-corrected chi connectivity index (χ0v) is 18.1. The Balaban J connectivity index is 1.92. The van der Waals surface area contributed by atoms with Crippen LogP contribution in [0.1, 0.15) is 62.6 Å². The molecule has 2 aromatic carbocycles. The Kier molecular flexibility index (Phi) is 6.83. The van der Waals surface area contributed by atoms with Crippen LogP contribution in [0.2, 0.25) is 0 Å². The van der Waals surface area contributed by atoms with Gasteiger partial charge in [0, 0.05) is 17.6 Å². The van der Waals surface area contributed by atoms with Crippen LogP contribution in [0.15, 0.2) is 54.7 Å². The van der Waals surface area contributed by atoms with Crippen LogP contribution in [-0.4, -0.2) is 9.97 Å². The van der Waals surface area contributed by atoms with E-state index in [1.54, 1.807) is 12.1 Å². The third kappa shape index (κ3) is 5.54. The quantitative estimate of drug-likeness (QED) is 0.406. The summed E-state index contributed by atoms with van der Waals surface area (Å²) in [6.45, 7) is 8.25. The number of rotatable bonds is 7. The van der Waals surface area contributed by atoms with Gasteiger partial charge in [-0.05, 0) is 47.6 Å². The molecule has 0 spiro atoms. The first-order valence-electron chi connectivity index (χ1n) is 10.4. The summed E-state index contributed by atoms with van der Waals surface area (Å²) >= 11 is 0. The Morgan fingerprint density at radius 3 is 2.23 bits per heavy atom. The molecule has 1 heterocycles. The first-order valence-corrected chi connectivity index (χ1v) is 10.4. The first kappa shape index (κ1) is 22.6. The fraction of sp³-hybridized carbons (Fsp3) is 0.333. The highest BCUT2D eigenvalue weighted by Gasteiger charge is 2.35. The van der Waals surface area contributed by atoms with Gasteiger partial charge in [0.15, 0.2) is 0 Å². The van der Waals surface area contributed by atoms with E-state index in [1.807, 2.05) is 50.2 Å². The average molecular weight is 429 g/mol. The summed E-state index contributed by atoms with van der Waals surface area (Å²) in [5.41, 5.74) is 2.49. The van der Waals surface area contributed by atoms with Crippen LogP contribution in [0.3, 0.4) is 0 Å². The molecular weight excluding hydrogens is 401 g/mol. The average Bonchev–Trinajstić information content (AvgIpc) is 2.73. The number of hydrogen-bond donors (Lipinski definition) is 2. The number of alkyl halides is 3. The summed E-state index contributed by atoms with van der Waals surface area (Å²) in [4.78, 5) is 8.04. The highest BCUT2D eigenvalue weighted by molar-refractivity contribution is 5.66. The van der Waals surface area contributed by atoms with Gasteiger partial charge in [-0.2, -0.15) is 18.2 Å². The molecule has 2 N–H and O–H groups in total. The molecule has 164 valence electrons. The highest BCUT2D eigenvalue weighted by Crippen LogP contribution is 2.36. The second-order valence-electron chi connectivity index (χ2n) is 7.88. The number of benzene rings is 2. The Bertz CT molecular complexity index is 1010. The number of aromatic nitrogens is 2. The minimum atomic E-state index is -4.58. The standard InChI is InChI=1S/C24H27F3N4/c1-5-16(4)17-10-12-18(13-11-17)29-23-28-14-20(24(25,26)27)22(31-23)30-21-9-7-6-8-19(21)15(2)3/h6-16H,5H2,1-4H3,(H2,28,29,30,31). The topological polar surface area (TPSA) is 49.8 Å². The summed E-state index contributed by atoms with van der Waals surface area (Å²) in [6, 6.07) is 15.0. The van der Waals surface area contributed by atoms with E-state index in [1.165, 1.54) is 5.56 Å². The van der Waals surface area contributed by atoms with Gasteiger partial charge in [-0.15, -0.1) is 0 Å². The third-order valence-corrected chi connectivity index (χ3v) is 5.28. The van der Waals surface area contributed by atoms with Crippen LogP contribution in [0.5, 0.6) is 0 Å². The van der Waals surface area contributed by atoms with E-state index in [9.17, 15) is 13.2 Å². The molecule has 0 aliphatic rings. The van der Waals surface area contributed by atoms with Gasteiger partial charge in [0.1, 0.15) is 11.4 Å². The maximum absolute atomic E-state index is 13.6. The summed E-state index contributed by atoms with van der Waals surface area (Å²) in [5, 5.41) is 5.88. The number of anilines is 4. The highest BCUT2D eigenvalue weighted by atomic mass is 19.4. The third-order valence-electron chi connectivity index (χ3n) is 5.28. The molecule has 1 atom stereocenters. The summed E-state index contributed by atoms with van der Waals surface area (Å²) in [6.07, 6.45) is -2.74. The number of nitrogens with one attached hydrogen (secondary N) is 2. The lowest BCUT2D eigenvalue weighted by Crippen LogP contribution is -2.13. The molecule has 0 aliphatic carbocycles. The molecule has 0 amide bonds. The van der Waals surface area contributed by atoms with Crippen molar-refractivity contribution in [3.63, 3.8) is 0 Å². The van der Waals surface area contributed by atoms with Crippen LogP contribution in [0.4, 0.5) is 36.3 Å². The monoisotopic (exact) mass is 428 g/mol. The predicted octanol–water partition coefficient (Wildman–Crippen LogP) is 7.62. The predicted molar refractivity (Wildman–Crippen MR) is 119 cm³/mol. The van der Waals surface area contributed by atoms with Crippen LogP contribution >= 0.6 is 0 Å². The molecule has 7 heteroatoms. The van der Waals surface area contributed by atoms with Crippen molar-refractivity contribution in [2.75, 3.05) is 10.6 Å². The molecule has 1 aromatic heterocycles. The lowest BCUT2D eigenvalue weighted by Gasteiger charge is -2.18. The molecule has 0 aliphatic heterocycles. The molecule has 0 saturated heterocycles.